The lowest BCUT2D eigenvalue weighted by molar-refractivity contribution is 0.0332. The molecule has 1 aromatic carbocycles. The fourth-order valence-corrected chi connectivity index (χ4v) is 2.77. The zero-order valence-corrected chi connectivity index (χ0v) is 12.0. The Morgan fingerprint density at radius 3 is 2.63 bits per heavy atom. The van der Waals surface area contributed by atoms with Crippen molar-refractivity contribution in [2.24, 2.45) is 0 Å². The van der Waals surface area contributed by atoms with Gasteiger partial charge in [-0.2, -0.15) is 0 Å². The maximum atomic E-state index is 10.7. The third-order valence-corrected chi connectivity index (χ3v) is 3.84. The van der Waals surface area contributed by atoms with Crippen LogP contribution in [0.2, 0.25) is 0 Å². The largest absolute Gasteiger partial charge is 0.494 e. The molecular weight excluding hydrogens is 238 g/mol. The highest BCUT2D eigenvalue weighted by Crippen LogP contribution is 2.29. The van der Waals surface area contributed by atoms with Gasteiger partial charge in [-0.3, -0.25) is 0 Å². The molecule has 2 N–H and O–H groups in total. The first-order valence-electron chi connectivity index (χ1n) is 7.31. The molecule has 0 saturated carbocycles. The second-order valence-electron chi connectivity index (χ2n) is 5.58. The molecule has 1 saturated heterocycles. The van der Waals surface area contributed by atoms with Gasteiger partial charge in [-0.1, -0.05) is 18.6 Å². The van der Waals surface area contributed by atoms with Gasteiger partial charge in [0, 0.05) is 6.04 Å². The van der Waals surface area contributed by atoms with Crippen LogP contribution < -0.4 is 10.1 Å². The molecule has 2 unspecified atom stereocenters. The molecule has 0 radical (unpaired) electrons. The maximum Gasteiger partial charge on any atom is 0.119 e. The minimum Gasteiger partial charge on any atom is -0.494 e. The van der Waals surface area contributed by atoms with E-state index in [2.05, 4.69) is 5.32 Å². The molecule has 19 heavy (non-hydrogen) atoms. The van der Waals surface area contributed by atoms with E-state index in [9.17, 15) is 5.11 Å². The first-order valence-corrected chi connectivity index (χ1v) is 7.31. The first kappa shape index (κ1) is 14.4. The number of hydrogen-bond acceptors (Lipinski definition) is 3. The molecule has 106 valence electrons. The summed E-state index contributed by atoms with van der Waals surface area (Å²) in [6, 6.07) is 8.22. The van der Waals surface area contributed by atoms with Crippen LogP contribution in [0.5, 0.6) is 5.75 Å². The van der Waals surface area contributed by atoms with Crippen molar-refractivity contribution in [1.29, 1.82) is 0 Å². The summed E-state index contributed by atoms with van der Waals surface area (Å²) >= 11 is 0. The highest BCUT2D eigenvalue weighted by atomic mass is 16.5. The number of nitrogens with one attached hydrogen (secondary N) is 1. The van der Waals surface area contributed by atoms with Gasteiger partial charge in [0.1, 0.15) is 5.75 Å². The molecule has 0 spiro atoms. The van der Waals surface area contributed by atoms with Crippen molar-refractivity contribution in [2.45, 2.75) is 51.2 Å². The van der Waals surface area contributed by atoms with E-state index in [-0.39, 0.29) is 0 Å². The van der Waals surface area contributed by atoms with Crippen LogP contribution in [-0.2, 0) is 5.60 Å². The maximum absolute atomic E-state index is 10.7. The standard InChI is InChI=1S/C16H25NO2/c1-3-19-15-9-7-13(8-10-15)16(2,18)12-14-6-4-5-11-17-14/h7-10,14,17-18H,3-6,11-12H2,1-2H3. The van der Waals surface area contributed by atoms with Gasteiger partial charge in [-0.15, -0.1) is 0 Å². The zero-order valence-electron chi connectivity index (χ0n) is 12.0. The van der Waals surface area contributed by atoms with Crippen LogP contribution in [0.3, 0.4) is 0 Å². The predicted octanol–water partition coefficient (Wildman–Crippen LogP) is 2.83. The highest BCUT2D eigenvalue weighted by molar-refractivity contribution is 5.30. The number of hydrogen-bond donors (Lipinski definition) is 2. The Morgan fingerprint density at radius 1 is 1.32 bits per heavy atom. The van der Waals surface area contributed by atoms with Crippen LogP contribution >= 0.6 is 0 Å². The summed E-state index contributed by atoms with van der Waals surface area (Å²) in [5, 5.41) is 14.2. The summed E-state index contributed by atoms with van der Waals surface area (Å²) < 4.78 is 5.43. The van der Waals surface area contributed by atoms with Crippen LogP contribution in [0, 0.1) is 0 Å². The molecule has 0 amide bonds. The fourth-order valence-electron chi connectivity index (χ4n) is 2.77. The van der Waals surface area contributed by atoms with Gasteiger partial charge in [0.2, 0.25) is 0 Å². The van der Waals surface area contributed by atoms with E-state index >= 15 is 0 Å². The lowest BCUT2D eigenvalue weighted by atomic mass is 9.86. The van der Waals surface area contributed by atoms with Crippen LogP contribution in [0.15, 0.2) is 24.3 Å². The monoisotopic (exact) mass is 263 g/mol. The van der Waals surface area contributed by atoms with E-state index in [4.69, 9.17) is 4.74 Å². The quantitative estimate of drug-likeness (QED) is 0.858. The molecule has 3 nitrogen and oxygen atoms in total. The summed E-state index contributed by atoms with van der Waals surface area (Å²) in [4.78, 5) is 0. The molecule has 1 fully saturated rings. The third kappa shape index (κ3) is 3.95. The van der Waals surface area contributed by atoms with Crippen molar-refractivity contribution in [2.75, 3.05) is 13.2 Å². The summed E-state index contributed by atoms with van der Waals surface area (Å²) in [6.07, 6.45) is 4.44. The highest BCUT2D eigenvalue weighted by Gasteiger charge is 2.28. The Morgan fingerprint density at radius 2 is 2.05 bits per heavy atom. The summed E-state index contributed by atoms with van der Waals surface area (Å²) in [6.45, 7) is 5.61. The second kappa shape index (κ2) is 6.40. The average Bonchev–Trinajstić information content (AvgIpc) is 2.40. The van der Waals surface area contributed by atoms with Gasteiger partial charge in [0.25, 0.3) is 0 Å². The smallest absolute Gasteiger partial charge is 0.119 e. The fraction of sp³-hybridized carbons (Fsp3) is 0.625. The van der Waals surface area contributed by atoms with E-state index in [1.165, 1.54) is 12.8 Å². The Labute approximate surface area is 116 Å². The van der Waals surface area contributed by atoms with Gasteiger partial charge in [-0.05, 0) is 57.4 Å². The van der Waals surface area contributed by atoms with Crippen molar-refractivity contribution in [1.82, 2.24) is 5.32 Å². The van der Waals surface area contributed by atoms with E-state index in [1.807, 2.05) is 38.1 Å². The SMILES string of the molecule is CCOc1ccc(C(C)(O)CC2CCCCN2)cc1. The Hall–Kier alpha value is -1.06. The van der Waals surface area contributed by atoms with Crippen LogP contribution in [0.25, 0.3) is 0 Å². The predicted molar refractivity (Wildman–Crippen MR) is 77.4 cm³/mol. The van der Waals surface area contributed by atoms with Crippen molar-refractivity contribution >= 4 is 0 Å². The van der Waals surface area contributed by atoms with Crippen molar-refractivity contribution < 1.29 is 9.84 Å². The zero-order chi connectivity index (χ0) is 13.7. The molecule has 0 aliphatic carbocycles. The number of aliphatic hydroxyl groups is 1. The van der Waals surface area contributed by atoms with E-state index in [1.54, 1.807) is 0 Å². The van der Waals surface area contributed by atoms with Crippen LogP contribution in [0.1, 0.15) is 45.1 Å². The van der Waals surface area contributed by atoms with E-state index < -0.39 is 5.60 Å². The first-order chi connectivity index (χ1) is 9.12. The number of rotatable bonds is 5. The van der Waals surface area contributed by atoms with Gasteiger partial charge >= 0.3 is 0 Å². The molecule has 0 bridgehead atoms. The molecule has 2 atom stereocenters. The molecule has 1 heterocycles. The summed E-state index contributed by atoms with van der Waals surface area (Å²) in [7, 11) is 0. The van der Waals surface area contributed by atoms with Crippen molar-refractivity contribution in [3.63, 3.8) is 0 Å². The molecule has 0 aromatic heterocycles. The normalized spacial score (nSPS) is 22.8. The van der Waals surface area contributed by atoms with E-state index in [0.717, 1.165) is 30.7 Å². The van der Waals surface area contributed by atoms with Crippen LogP contribution in [0.4, 0.5) is 0 Å². The summed E-state index contributed by atoms with van der Waals surface area (Å²) in [5.41, 5.74) is 0.183. The van der Waals surface area contributed by atoms with Crippen molar-refractivity contribution in [3.8, 4) is 5.75 Å². The van der Waals surface area contributed by atoms with Gasteiger partial charge in [-0.25, -0.2) is 0 Å². The third-order valence-electron chi connectivity index (χ3n) is 3.84. The second-order valence-corrected chi connectivity index (χ2v) is 5.58. The number of ether oxygens (including phenoxy) is 1. The lowest BCUT2D eigenvalue weighted by Crippen LogP contribution is -2.39. The van der Waals surface area contributed by atoms with Crippen LogP contribution in [-0.4, -0.2) is 24.3 Å². The lowest BCUT2D eigenvalue weighted by Gasteiger charge is -2.32. The molecular formula is C16H25NO2. The Bertz CT molecular complexity index is 380. The van der Waals surface area contributed by atoms with E-state index in [0.29, 0.717) is 12.6 Å². The molecule has 3 heteroatoms. The molecule has 2 rings (SSSR count). The number of piperidine rings is 1. The van der Waals surface area contributed by atoms with Gasteiger partial charge < -0.3 is 15.2 Å². The Balaban J connectivity index is 2.00. The number of benzene rings is 1. The topological polar surface area (TPSA) is 41.5 Å². The molecule has 1 aliphatic heterocycles. The molecule has 1 aromatic rings. The summed E-state index contributed by atoms with van der Waals surface area (Å²) in [5.74, 6) is 0.859. The van der Waals surface area contributed by atoms with Gasteiger partial charge in [0.05, 0.1) is 12.2 Å². The molecule has 1 aliphatic rings. The Kier molecular flexibility index (Phi) is 4.83. The minimum atomic E-state index is -0.778. The van der Waals surface area contributed by atoms with Crippen molar-refractivity contribution in [3.05, 3.63) is 29.8 Å². The minimum absolute atomic E-state index is 0.426. The average molecular weight is 263 g/mol. The van der Waals surface area contributed by atoms with Gasteiger partial charge in [0.15, 0.2) is 0 Å².